The lowest BCUT2D eigenvalue weighted by Gasteiger charge is -2.65. The van der Waals surface area contributed by atoms with Gasteiger partial charge >= 0.3 is 35.8 Å². The summed E-state index contributed by atoms with van der Waals surface area (Å²) >= 11 is 0. The summed E-state index contributed by atoms with van der Waals surface area (Å²) in [6.45, 7) is 43.6. The molecule has 0 aromatic rings. The van der Waals surface area contributed by atoms with E-state index in [1.54, 1.807) is 0 Å². The molecular formula is C101H163NO20. The molecule has 4 heterocycles. The summed E-state index contributed by atoms with van der Waals surface area (Å²) in [5, 5.41) is 9.60. The normalized spacial score (nSPS) is 41.0. The predicted molar refractivity (Wildman–Crippen MR) is 462 cm³/mol. The van der Waals surface area contributed by atoms with Crippen molar-refractivity contribution in [3.8, 4) is 6.07 Å². The van der Waals surface area contributed by atoms with Crippen molar-refractivity contribution in [1.82, 2.24) is 0 Å². The summed E-state index contributed by atoms with van der Waals surface area (Å²) < 4.78 is 87.6. The molecule has 22 aliphatic rings. The molecule has 692 valence electrons. The maximum atomic E-state index is 13.3. The average molecular weight is 1710 g/mol. The third-order valence-electron chi connectivity index (χ3n) is 32.6. The number of esters is 6. The van der Waals surface area contributed by atoms with E-state index in [0.717, 1.165) is 236 Å². The van der Waals surface area contributed by atoms with Crippen LogP contribution in [0.15, 0.2) is 0 Å². The second-order valence-electron chi connectivity index (χ2n) is 47.6. The molecule has 21 nitrogen and oxygen atoms in total. The minimum absolute atomic E-state index is 0.0384. The van der Waals surface area contributed by atoms with Crippen molar-refractivity contribution in [3.63, 3.8) is 0 Å². The number of nitrogens with zero attached hydrogens (tertiary/aromatic N) is 1. The lowest BCUT2D eigenvalue weighted by atomic mass is 9.48. The first-order valence-electron chi connectivity index (χ1n) is 49.1. The number of ether oxygens (including phenoxy) is 14. The second-order valence-corrected chi connectivity index (χ2v) is 47.6. The van der Waals surface area contributed by atoms with Gasteiger partial charge in [0.25, 0.3) is 0 Å². The Balaban J connectivity index is 0.000000135. The maximum Gasteiger partial charge on any atom is 0.312 e. The molecular weight excluding hydrogens is 1550 g/mol. The predicted octanol–water partition coefficient (Wildman–Crippen LogP) is 21.6. The van der Waals surface area contributed by atoms with Gasteiger partial charge in [0.1, 0.15) is 34.1 Å². The first-order chi connectivity index (χ1) is 57.0. The summed E-state index contributed by atoms with van der Waals surface area (Å²) in [5.74, 6) is 4.56. The minimum atomic E-state index is -0.578. The Morgan fingerprint density at radius 3 is 1.12 bits per heavy atom. The Morgan fingerprint density at radius 1 is 0.393 bits per heavy atom. The zero-order valence-electron chi connectivity index (χ0n) is 79.5. The van der Waals surface area contributed by atoms with Crippen molar-refractivity contribution in [2.75, 3.05) is 13.2 Å². The molecule has 16 unspecified atom stereocenters. The van der Waals surface area contributed by atoms with Crippen molar-refractivity contribution in [3.05, 3.63) is 0 Å². The summed E-state index contributed by atoms with van der Waals surface area (Å²) in [5.41, 5.74) is -5.69. The summed E-state index contributed by atoms with van der Waals surface area (Å²) in [6, 6.07) is 2.57. The highest BCUT2D eigenvalue weighted by Crippen LogP contribution is 2.68. The van der Waals surface area contributed by atoms with Crippen LogP contribution in [0.5, 0.6) is 0 Å². The van der Waals surface area contributed by atoms with Gasteiger partial charge in [-0.2, -0.15) is 5.26 Å². The molecule has 0 radical (unpaired) electrons. The van der Waals surface area contributed by atoms with Gasteiger partial charge in [0, 0.05) is 71.0 Å². The Kier molecular flexibility index (Phi) is 28.2. The van der Waals surface area contributed by atoms with Gasteiger partial charge in [-0.1, -0.05) is 48.5 Å². The van der Waals surface area contributed by atoms with E-state index in [0.29, 0.717) is 55.3 Å². The molecule has 4 saturated heterocycles. The van der Waals surface area contributed by atoms with Crippen molar-refractivity contribution >= 4 is 35.8 Å². The Labute approximate surface area is 733 Å². The van der Waals surface area contributed by atoms with Gasteiger partial charge in [0.15, 0.2) is 25.2 Å². The lowest BCUT2D eigenvalue weighted by Crippen LogP contribution is -2.69. The minimum Gasteiger partial charge on any atom is -0.462 e. The fourth-order valence-electron chi connectivity index (χ4n) is 27.5. The highest BCUT2D eigenvalue weighted by atomic mass is 16.7. The van der Waals surface area contributed by atoms with Crippen molar-refractivity contribution in [1.29, 1.82) is 5.26 Å². The largest absolute Gasteiger partial charge is 0.462 e. The second kappa shape index (κ2) is 36.0. The Bertz CT molecular complexity index is 3590. The van der Waals surface area contributed by atoms with Crippen LogP contribution in [-0.2, 0) is 95.1 Å². The van der Waals surface area contributed by atoms with Crippen molar-refractivity contribution < 1.29 is 95.1 Å². The van der Waals surface area contributed by atoms with Crippen LogP contribution < -0.4 is 0 Å². The van der Waals surface area contributed by atoms with Crippen LogP contribution in [0, 0.1) is 98.1 Å². The van der Waals surface area contributed by atoms with E-state index in [4.69, 9.17) is 66.3 Å². The van der Waals surface area contributed by atoms with Gasteiger partial charge in [0.05, 0.1) is 79.1 Å². The first-order valence-corrected chi connectivity index (χ1v) is 49.1. The van der Waals surface area contributed by atoms with E-state index < -0.39 is 44.3 Å². The summed E-state index contributed by atoms with van der Waals surface area (Å²) in [4.78, 5) is 75.0. The van der Waals surface area contributed by atoms with Crippen LogP contribution in [0.3, 0.4) is 0 Å². The van der Waals surface area contributed by atoms with E-state index >= 15 is 0 Å². The first kappa shape index (κ1) is 95.6. The highest BCUT2D eigenvalue weighted by molar-refractivity contribution is 5.78. The van der Waals surface area contributed by atoms with Gasteiger partial charge in [0.2, 0.25) is 0 Å². The van der Waals surface area contributed by atoms with Gasteiger partial charge in [-0.25, -0.2) is 0 Å². The summed E-state index contributed by atoms with van der Waals surface area (Å²) in [7, 11) is 0. The van der Waals surface area contributed by atoms with Gasteiger partial charge < -0.3 is 66.3 Å². The van der Waals surface area contributed by atoms with Gasteiger partial charge in [-0.15, -0.1) is 0 Å². The monoisotopic (exact) mass is 1710 g/mol. The third kappa shape index (κ3) is 22.2. The molecule has 0 aromatic carbocycles. The Morgan fingerprint density at radius 2 is 0.738 bits per heavy atom. The molecule has 16 atom stereocenters. The molecule has 0 aromatic heterocycles. The van der Waals surface area contributed by atoms with Crippen molar-refractivity contribution in [2.24, 2.45) is 86.8 Å². The van der Waals surface area contributed by atoms with E-state index in [9.17, 15) is 34.0 Å². The molecule has 18 saturated carbocycles. The molecule has 18 aliphatic carbocycles. The van der Waals surface area contributed by atoms with Crippen LogP contribution in [0.1, 0.15) is 402 Å². The van der Waals surface area contributed by atoms with E-state index in [1.165, 1.54) is 25.7 Å². The number of carbonyl (C=O) groups excluding carboxylic acids is 6. The number of fused-ring (bicyclic) bond motifs is 1. The molecule has 21 heteroatoms. The van der Waals surface area contributed by atoms with Crippen LogP contribution >= 0.6 is 0 Å². The molecule has 4 aliphatic heterocycles. The van der Waals surface area contributed by atoms with Crippen molar-refractivity contribution in [2.45, 2.75) is 495 Å². The summed E-state index contributed by atoms with van der Waals surface area (Å²) in [6.07, 6.45) is 37.4. The fraction of sp³-hybridized carbons (Fsp3) is 0.931. The SMILES string of the molecule is CCC(C)(C)C(=O)OC12CC3CC(CC(C#N)(C3)C1)C2.CCC(C)(C)C(=O)OC12CC3CC(OC(C)OC(C)(C)C)(C1)CC(OC(C)OC(C)(C)C)(C3)C2.CCC(C)(C)C(=O)OC12CC3CC(OC4CCCCO4)(C1)CC(OC1CCCCO1)(C3)C2.CCC(C)C(=O)OC12CC3CC(C1)OC(=O)C(C3)C2.CCC(C)C(=O)OC12CC3CC(CC(C3)C1)C2. The zero-order chi connectivity index (χ0) is 88.5. The molecule has 0 N–H and O–H groups in total. The molecule has 0 spiro atoms. The quantitative estimate of drug-likeness (QED) is 0.0467. The van der Waals surface area contributed by atoms with Crippen LogP contribution in [0.4, 0.5) is 0 Å². The molecule has 22 fully saturated rings. The number of hydrogen-bond donors (Lipinski definition) is 0. The third-order valence-corrected chi connectivity index (χ3v) is 32.6. The van der Waals surface area contributed by atoms with Crippen LogP contribution in [0.25, 0.3) is 0 Å². The molecule has 22 rings (SSSR count). The van der Waals surface area contributed by atoms with E-state index in [-0.39, 0.29) is 124 Å². The lowest BCUT2D eigenvalue weighted by molar-refractivity contribution is -0.346. The van der Waals surface area contributed by atoms with E-state index in [2.05, 4.69) is 19.9 Å². The zero-order valence-corrected chi connectivity index (χ0v) is 79.5. The molecule has 122 heavy (non-hydrogen) atoms. The van der Waals surface area contributed by atoms with Gasteiger partial charge in [-0.05, 0) is 343 Å². The number of carbonyl (C=O) groups is 6. The van der Waals surface area contributed by atoms with E-state index in [1.807, 2.05) is 132 Å². The van der Waals surface area contributed by atoms with Crippen LogP contribution in [0.2, 0.25) is 0 Å². The average Bonchev–Trinajstić information content (AvgIpc) is 0.768. The highest BCUT2D eigenvalue weighted by Gasteiger charge is 2.71. The molecule has 0 amide bonds. The number of nitriles is 1. The fourth-order valence-corrected chi connectivity index (χ4v) is 27.5. The maximum absolute atomic E-state index is 13.3. The van der Waals surface area contributed by atoms with Crippen LogP contribution in [-0.4, -0.2) is 142 Å². The topological polar surface area (TPSA) is 255 Å². The smallest absolute Gasteiger partial charge is 0.312 e. The molecule has 20 bridgehead atoms. The standard InChI is InChI=1S/C28H50O6.C26H42O6.C17H25NO2.C15H22O4.C15H24O2/c1-12-25(10,11)22(29)34-28-15-21-13-26(17-28,32-19(2)30-23(4,5)6)16-27(14-21,18-28)33-20(3)31-24(7,8)9;1-4-23(2,3)22(27)32-26-15-19-13-24(17-26,30-20-9-5-7-11-28-20)16-25(14-19,18-26)31-21-10-6-8-12-29-21;1-4-15(2,3)14(19)20-17-8-12-5-13(9-17)7-16(6-12,10-17)11-18;1-3-9(2)13(16)19-15-6-10-4-11(7-15)14(17)18-12(5-10)8-15;1-3-10(2)14(16)17-15-7-11-4-12(8-15)6-13(5-11)9-15/h19-21H,12-18H2,1-11H3;19-21H,4-18H2,1-3H3;12-13H,4-10H2,1-3H3;9-12H,3-8H2,1-2H3;10-13H,3-9H2,1-2H3. The number of rotatable bonds is 25. The van der Waals surface area contributed by atoms with Gasteiger partial charge in [-0.3, -0.25) is 28.8 Å². The Hall–Kier alpha value is -4.01. The number of hydrogen-bond acceptors (Lipinski definition) is 21.